The highest BCUT2D eigenvalue weighted by atomic mass is 79.9. The smallest absolute Gasteiger partial charge is 0.230 e. The zero-order valence-electron chi connectivity index (χ0n) is 5.71. The average molecular weight is 235 g/mol. The summed E-state index contributed by atoms with van der Waals surface area (Å²) in [5.74, 6) is -0.0157. The van der Waals surface area contributed by atoms with Crippen molar-refractivity contribution in [1.29, 1.82) is 0 Å². The first-order chi connectivity index (χ1) is 5.33. The van der Waals surface area contributed by atoms with Gasteiger partial charge in [-0.25, -0.2) is 4.98 Å². The van der Waals surface area contributed by atoms with Crippen LogP contribution in [0.25, 0.3) is 0 Å². The molecular weight excluding hydrogens is 228 g/mol. The van der Waals surface area contributed by atoms with E-state index in [1.54, 1.807) is 5.51 Å². The monoisotopic (exact) mass is 234 g/mol. The van der Waals surface area contributed by atoms with Gasteiger partial charge in [-0.2, -0.15) is 0 Å². The highest BCUT2D eigenvalue weighted by Crippen LogP contribution is 1.99. The molecule has 0 aliphatic rings. The van der Waals surface area contributed by atoms with Crippen molar-refractivity contribution in [3.63, 3.8) is 0 Å². The molecule has 0 aromatic carbocycles. The van der Waals surface area contributed by atoms with Crippen LogP contribution in [0.3, 0.4) is 0 Å². The van der Waals surface area contributed by atoms with Crippen LogP contribution in [0.4, 0.5) is 0 Å². The first-order valence-corrected chi connectivity index (χ1v) is 5.09. The molecule has 1 N–H and O–H groups in total. The average Bonchev–Trinajstić information content (AvgIpc) is 2.52. The van der Waals surface area contributed by atoms with Gasteiger partial charge in [-0.1, -0.05) is 15.9 Å². The lowest BCUT2D eigenvalue weighted by molar-refractivity contribution is -0.118. The van der Waals surface area contributed by atoms with Crippen molar-refractivity contribution in [2.45, 2.75) is 6.54 Å². The number of rotatable bonds is 3. The molecule has 0 unspecified atom stereocenters. The Morgan fingerprint density at radius 1 is 1.82 bits per heavy atom. The van der Waals surface area contributed by atoms with Crippen LogP contribution in [0, 0.1) is 0 Å². The van der Waals surface area contributed by atoms with Crippen molar-refractivity contribution in [2.75, 3.05) is 5.33 Å². The van der Waals surface area contributed by atoms with Crippen molar-refractivity contribution >= 4 is 33.2 Å². The maximum Gasteiger partial charge on any atom is 0.230 e. The Balaban J connectivity index is 2.29. The van der Waals surface area contributed by atoms with E-state index < -0.39 is 0 Å². The Hall–Kier alpha value is -0.420. The number of hydrogen-bond donors (Lipinski definition) is 1. The molecule has 0 saturated carbocycles. The molecule has 60 valence electrons. The van der Waals surface area contributed by atoms with Crippen LogP contribution >= 0.6 is 27.3 Å². The Kier molecular flexibility index (Phi) is 3.51. The molecule has 1 amide bonds. The number of nitrogens with zero attached hydrogens (tertiary/aromatic N) is 1. The molecule has 3 nitrogen and oxygen atoms in total. The number of thiazole rings is 1. The SMILES string of the molecule is O=C(CBr)NCc1cscn1. The Morgan fingerprint density at radius 3 is 3.18 bits per heavy atom. The molecule has 0 saturated heterocycles. The fourth-order valence-electron chi connectivity index (χ4n) is 0.561. The summed E-state index contributed by atoms with van der Waals surface area (Å²) >= 11 is 4.57. The van der Waals surface area contributed by atoms with Crippen molar-refractivity contribution < 1.29 is 4.79 Å². The molecule has 0 aliphatic carbocycles. The third-order valence-electron chi connectivity index (χ3n) is 1.07. The summed E-state index contributed by atoms with van der Waals surface area (Å²) in [6.07, 6.45) is 0. The van der Waals surface area contributed by atoms with Crippen LogP contribution in [0.1, 0.15) is 5.69 Å². The van der Waals surface area contributed by atoms with Gasteiger partial charge in [-0.05, 0) is 0 Å². The second-order valence-corrected chi connectivity index (χ2v) is 3.17. The molecule has 11 heavy (non-hydrogen) atoms. The number of aromatic nitrogens is 1. The van der Waals surface area contributed by atoms with Crippen molar-refractivity contribution in [3.05, 3.63) is 16.6 Å². The summed E-state index contributed by atoms with van der Waals surface area (Å²) < 4.78 is 0. The van der Waals surface area contributed by atoms with E-state index in [2.05, 4.69) is 26.2 Å². The maximum atomic E-state index is 10.7. The Bertz CT molecular complexity index is 224. The Morgan fingerprint density at radius 2 is 2.64 bits per heavy atom. The van der Waals surface area contributed by atoms with Gasteiger partial charge in [0, 0.05) is 5.38 Å². The number of nitrogens with one attached hydrogen (secondary N) is 1. The molecule has 0 aliphatic heterocycles. The lowest BCUT2D eigenvalue weighted by Crippen LogP contribution is -2.23. The van der Waals surface area contributed by atoms with Gasteiger partial charge < -0.3 is 5.32 Å². The van der Waals surface area contributed by atoms with Crippen LogP contribution in [-0.2, 0) is 11.3 Å². The number of carbonyl (C=O) groups excluding carboxylic acids is 1. The second kappa shape index (κ2) is 4.46. The maximum absolute atomic E-state index is 10.7. The minimum absolute atomic E-state index is 0.0157. The number of amides is 1. The van der Waals surface area contributed by atoms with Crippen molar-refractivity contribution in [1.82, 2.24) is 10.3 Å². The summed E-state index contributed by atoms with van der Waals surface area (Å²) in [6.45, 7) is 0.522. The third-order valence-corrected chi connectivity index (χ3v) is 2.22. The Labute approximate surface area is 77.0 Å². The zero-order chi connectivity index (χ0) is 8.10. The van der Waals surface area contributed by atoms with E-state index in [-0.39, 0.29) is 5.91 Å². The third kappa shape index (κ3) is 2.98. The van der Waals surface area contributed by atoms with Gasteiger partial charge in [-0.3, -0.25) is 4.79 Å². The summed E-state index contributed by atoms with van der Waals surface area (Å²) in [4.78, 5) is 14.7. The quantitative estimate of drug-likeness (QED) is 0.798. The number of alkyl halides is 1. The summed E-state index contributed by atoms with van der Waals surface area (Å²) in [6, 6.07) is 0. The van der Waals surface area contributed by atoms with Gasteiger partial charge in [-0.15, -0.1) is 11.3 Å². The molecule has 5 heteroatoms. The molecule has 0 radical (unpaired) electrons. The molecule has 1 heterocycles. The highest BCUT2D eigenvalue weighted by Gasteiger charge is 1.98. The molecule has 0 spiro atoms. The van der Waals surface area contributed by atoms with Crippen LogP contribution in [0.15, 0.2) is 10.9 Å². The first-order valence-electron chi connectivity index (χ1n) is 3.02. The van der Waals surface area contributed by atoms with Crippen LogP contribution in [-0.4, -0.2) is 16.2 Å². The van der Waals surface area contributed by atoms with E-state index >= 15 is 0 Å². The first kappa shape index (κ1) is 8.67. The van der Waals surface area contributed by atoms with Crippen LogP contribution < -0.4 is 5.32 Å². The molecule has 1 aromatic rings. The zero-order valence-corrected chi connectivity index (χ0v) is 8.11. The van der Waals surface area contributed by atoms with Gasteiger partial charge in [0.05, 0.1) is 23.1 Å². The van der Waals surface area contributed by atoms with E-state index in [0.29, 0.717) is 11.9 Å². The lowest BCUT2D eigenvalue weighted by Gasteiger charge is -1.97. The van der Waals surface area contributed by atoms with Gasteiger partial charge in [0.2, 0.25) is 5.91 Å². The van der Waals surface area contributed by atoms with Gasteiger partial charge in [0.25, 0.3) is 0 Å². The van der Waals surface area contributed by atoms with Crippen LogP contribution in [0.2, 0.25) is 0 Å². The summed E-state index contributed by atoms with van der Waals surface area (Å²) in [7, 11) is 0. The molecule has 1 aromatic heterocycles. The van der Waals surface area contributed by atoms with Gasteiger partial charge >= 0.3 is 0 Å². The molecular formula is C6H7BrN2OS. The predicted octanol–water partition coefficient (Wildman–Crippen LogP) is 1.15. The van der Waals surface area contributed by atoms with Gasteiger partial charge in [0.1, 0.15) is 0 Å². The summed E-state index contributed by atoms with van der Waals surface area (Å²) in [5.41, 5.74) is 2.65. The topological polar surface area (TPSA) is 42.0 Å². The fraction of sp³-hybridized carbons (Fsp3) is 0.333. The second-order valence-electron chi connectivity index (χ2n) is 1.89. The minimum Gasteiger partial charge on any atom is -0.350 e. The van der Waals surface area contributed by atoms with E-state index in [1.807, 2.05) is 5.38 Å². The molecule has 0 fully saturated rings. The predicted molar refractivity (Wildman–Crippen MR) is 47.8 cm³/mol. The van der Waals surface area contributed by atoms with E-state index in [0.717, 1.165) is 5.69 Å². The number of carbonyl (C=O) groups is 1. The minimum atomic E-state index is -0.0157. The van der Waals surface area contributed by atoms with E-state index in [1.165, 1.54) is 11.3 Å². The number of halogens is 1. The largest absolute Gasteiger partial charge is 0.350 e. The van der Waals surface area contributed by atoms with Gasteiger partial charge in [0.15, 0.2) is 0 Å². The van der Waals surface area contributed by atoms with E-state index in [9.17, 15) is 4.79 Å². The summed E-state index contributed by atoms with van der Waals surface area (Å²) in [5, 5.41) is 4.95. The van der Waals surface area contributed by atoms with Crippen molar-refractivity contribution in [3.8, 4) is 0 Å². The van der Waals surface area contributed by atoms with Crippen molar-refractivity contribution in [2.24, 2.45) is 0 Å². The molecule has 0 bridgehead atoms. The highest BCUT2D eigenvalue weighted by molar-refractivity contribution is 9.09. The fourth-order valence-corrected chi connectivity index (χ4v) is 1.32. The number of hydrogen-bond acceptors (Lipinski definition) is 3. The van der Waals surface area contributed by atoms with Crippen LogP contribution in [0.5, 0.6) is 0 Å². The normalized spacial score (nSPS) is 9.55. The lowest BCUT2D eigenvalue weighted by atomic mass is 10.5. The molecule has 0 atom stereocenters. The standard InChI is InChI=1S/C6H7BrN2OS/c7-1-6(10)8-2-5-3-11-4-9-5/h3-4H,1-2H2,(H,8,10). The molecule has 1 rings (SSSR count). The van der Waals surface area contributed by atoms with E-state index in [4.69, 9.17) is 0 Å².